The van der Waals surface area contributed by atoms with E-state index in [9.17, 15) is 17.6 Å². The zero-order valence-corrected chi connectivity index (χ0v) is 18.7. The van der Waals surface area contributed by atoms with Crippen molar-refractivity contribution in [3.05, 3.63) is 83.7 Å². The second-order valence-electron chi connectivity index (χ2n) is 8.01. The van der Waals surface area contributed by atoms with Gasteiger partial charge in [-0.1, -0.05) is 30.3 Å². The Morgan fingerprint density at radius 1 is 1.03 bits per heavy atom. The molecule has 7 nitrogen and oxygen atoms in total. The summed E-state index contributed by atoms with van der Waals surface area (Å²) < 4.78 is 58.4. The number of ketones is 1. The fourth-order valence-corrected chi connectivity index (χ4v) is 5.39. The topological polar surface area (TPSA) is 95.2 Å². The minimum atomic E-state index is -4.02. The largest absolute Gasteiger partial charge is 0.345 e. The van der Waals surface area contributed by atoms with Gasteiger partial charge in [-0.3, -0.25) is 9.52 Å². The van der Waals surface area contributed by atoms with E-state index in [1.807, 2.05) is 30.3 Å². The van der Waals surface area contributed by atoms with Crippen LogP contribution in [0.5, 0.6) is 0 Å². The van der Waals surface area contributed by atoms with E-state index in [1.54, 1.807) is 12.3 Å². The second-order valence-corrected chi connectivity index (χ2v) is 9.69. The van der Waals surface area contributed by atoms with Crippen LogP contribution in [-0.4, -0.2) is 41.6 Å². The molecule has 0 bridgehead atoms. The Labute approximate surface area is 194 Å². The maximum atomic E-state index is 15.3. The zero-order chi connectivity index (χ0) is 23.9. The lowest BCUT2D eigenvalue weighted by Gasteiger charge is -2.18. The number of hydrogen-bond acceptors (Lipinski definition) is 4. The number of anilines is 1. The van der Waals surface area contributed by atoms with E-state index < -0.39 is 38.9 Å². The summed E-state index contributed by atoms with van der Waals surface area (Å²) in [5.74, 6) is -3.28. The van der Waals surface area contributed by atoms with Crippen molar-refractivity contribution >= 4 is 32.7 Å². The number of fused-ring (bicyclic) bond motifs is 1. The van der Waals surface area contributed by atoms with Gasteiger partial charge in [0.25, 0.3) is 0 Å². The van der Waals surface area contributed by atoms with E-state index in [-0.39, 0.29) is 5.56 Å². The lowest BCUT2D eigenvalue weighted by Crippen LogP contribution is -2.33. The number of rotatable bonds is 6. The third-order valence-electron chi connectivity index (χ3n) is 5.84. The van der Waals surface area contributed by atoms with E-state index in [2.05, 4.69) is 14.7 Å². The van der Waals surface area contributed by atoms with Crippen molar-refractivity contribution in [2.75, 3.05) is 17.8 Å². The Kier molecular flexibility index (Phi) is 5.62. The molecule has 2 aromatic heterocycles. The Bertz CT molecular complexity index is 1500. The van der Waals surface area contributed by atoms with Crippen LogP contribution in [0.2, 0.25) is 0 Å². The fraction of sp³-hybridized carbons (Fsp3) is 0.167. The highest BCUT2D eigenvalue weighted by atomic mass is 32.2. The number of aromatic nitrogens is 2. The summed E-state index contributed by atoms with van der Waals surface area (Å²) in [5.41, 5.74) is 0.682. The molecule has 3 heterocycles. The lowest BCUT2D eigenvalue weighted by molar-refractivity contribution is 0.103. The van der Waals surface area contributed by atoms with Crippen molar-refractivity contribution in [1.29, 1.82) is 0 Å². The van der Waals surface area contributed by atoms with Crippen molar-refractivity contribution in [1.82, 2.24) is 14.3 Å². The van der Waals surface area contributed by atoms with Crippen LogP contribution in [0.15, 0.2) is 60.9 Å². The molecule has 4 aromatic rings. The third kappa shape index (κ3) is 3.95. The predicted molar refractivity (Wildman–Crippen MR) is 125 cm³/mol. The van der Waals surface area contributed by atoms with E-state index in [1.165, 1.54) is 10.5 Å². The van der Waals surface area contributed by atoms with Gasteiger partial charge in [0.15, 0.2) is 5.82 Å². The van der Waals surface area contributed by atoms with Gasteiger partial charge in [-0.25, -0.2) is 13.8 Å². The summed E-state index contributed by atoms with van der Waals surface area (Å²) in [6.45, 7) is 0.631. The van der Waals surface area contributed by atoms with E-state index in [4.69, 9.17) is 0 Å². The Balaban J connectivity index is 1.54. The van der Waals surface area contributed by atoms with Crippen molar-refractivity contribution in [2.24, 2.45) is 0 Å². The van der Waals surface area contributed by atoms with Crippen LogP contribution in [0.4, 0.5) is 14.5 Å². The van der Waals surface area contributed by atoms with Gasteiger partial charge < -0.3 is 4.98 Å². The smallest absolute Gasteiger partial charge is 0.301 e. The average molecular weight is 483 g/mol. The normalized spacial score (nSPS) is 14.5. The summed E-state index contributed by atoms with van der Waals surface area (Å²) in [5, 5.41) is 0.396. The summed E-state index contributed by atoms with van der Waals surface area (Å²) >= 11 is 0. The first-order valence-corrected chi connectivity index (χ1v) is 12.1. The molecule has 1 aliphatic rings. The van der Waals surface area contributed by atoms with Crippen LogP contribution < -0.4 is 4.72 Å². The van der Waals surface area contributed by atoms with Crippen LogP contribution in [0.3, 0.4) is 0 Å². The van der Waals surface area contributed by atoms with Gasteiger partial charge >= 0.3 is 10.2 Å². The number of nitrogens with zero attached hydrogens (tertiary/aromatic N) is 2. The molecule has 5 rings (SSSR count). The average Bonchev–Trinajstić information content (AvgIpc) is 3.52. The molecule has 1 aliphatic heterocycles. The number of halogens is 2. The molecule has 174 valence electrons. The molecule has 0 saturated carbocycles. The molecule has 1 fully saturated rings. The first kappa shape index (κ1) is 22.2. The minimum Gasteiger partial charge on any atom is -0.345 e. The van der Waals surface area contributed by atoms with Crippen molar-refractivity contribution in [3.63, 3.8) is 0 Å². The molecule has 2 N–H and O–H groups in total. The number of carbonyl (C=O) groups excluding carboxylic acids is 1. The molecule has 34 heavy (non-hydrogen) atoms. The number of H-pyrrole nitrogens is 1. The Hall–Kier alpha value is -3.63. The number of pyridine rings is 1. The van der Waals surface area contributed by atoms with Gasteiger partial charge in [0, 0.05) is 42.0 Å². The molecule has 2 aromatic carbocycles. The number of hydrogen-bond donors (Lipinski definition) is 2. The molecule has 0 radical (unpaired) electrons. The molecular formula is C24H20F2N4O3S. The highest BCUT2D eigenvalue weighted by Gasteiger charge is 2.29. The van der Waals surface area contributed by atoms with Crippen LogP contribution in [-0.2, 0) is 10.2 Å². The Morgan fingerprint density at radius 3 is 2.50 bits per heavy atom. The van der Waals surface area contributed by atoms with Crippen molar-refractivity contribution < 1.29 is 22.0 Å². The third-order valence-corrected chi connectivity index (χ3v) is 7.37. The van der Waals surface area contributed by atoms with Crippen molar-refractivity contribution in [3.8, 4) is 11.1 Å². The maximum absolute atomic E-state index is 15.3. The SMILES string of the molecule is O=C(c1c(F)ccc(NS(=O)(=O)N2CCCC2)c1F)c1c[nH]c2ncc(-c3ccccc3)cc12. The first-order valence-electron chi connectivity index (χ1n) is 10.7. The molecule has 0 unspecified atom stereocenters. The summed E-state index contributed by atoms with van der Waals surface area (Å²) in [7, 11) is -4.02. The number of aromatic amines is 1. The molecular weight excluding hydrogens is 462 g/mol. The van der Waals surface area contributed by atoms with E-state index >= 15 is 4.39 Å². The highest BCUT2D eigenvalue weighted by molar-refractivity contribution is 7.90. The predicted octanol–water partition coefficient (Wildman–Crippen LogP) is 4.49. The maximum Gasteiger partial charge on any atom is 0.301 e. The van der Waals surface area contributed by atoms with Crippen molar-refractivity contribution in [2.45, 2.75) is 12.8 Å². The minimum absolute atomic E-state index is 0.0256. The van der Waals surface area contributed by atoms with Gasteiger partial charge in [-0.05, 0) is 36.6 Å². The second kappa shape index (κ2) is 8.62. The van der Waals surface area contributed by atoms with Gasteiger partial charge in [-0.15, -0.1) is 0 Å². The zero-order valence-electron chi connectivity index (χ0n) is 17.9. The monoisotopic (exact) mass is 482 g/mol. The number of nitrogens with one attached hydrogen (secondary N) is 2. The Morgan fingerprint density at radius 2 is 1.76 bits per heavy atom. The van der Waals surface area contributed by atoms with Crippen LogP contribution in [0, 0.1) is 11.6 Å². The first-order chi connectivity index (χ1) is 16.3. The molecule has 0 atom stereocenters. The summed E-state index contributed by atoms with van der Waals surface area (Å²) in [4.78, 5) is 20.4. The van der Waals surface area contributed by atoms with E-state index in [0.29, 0.717) is 37.0 Å². The summed E-state index contributed by atoms with van der Waals surface area (Å²) in [6.07, 6.45) is 4.39. The van der Waals surface area contributed by atoms with Gasteiger partial charge in [0.2, 0.25) is 5.78 Å². The molecule has 0 aliphatic carbocycles. The van der Waals surface area contributed by atoms with Crippen LogP contribution >= 0.6 is 0 Å². The van der Waals surface area contributed by atoms with Gasteiger partial charge in [0.05, 0.1) is 11.3 Å². The number of benzene rings is 2. The number of carbonyl (C=O) groups is 1. The van der Waals surface area contributed by atoms with Crippen LogP contribution in [0.25, 0.3) is 22.2 Å². The molecule has 10 heteroatoms. The summed E-state index contributed by atoms with van der Waals surface area (Å²) in [6, 6.07) is 12.9. The molecule has 0 amide bonds. The quantitative estimate of drug-likeness (QED) is 0.396. The van der Waals surface area contributed by atoms with Gasteiger partial charge in [0.1, 0.15) is 11.5 Å². The van der Waals surface area contributed by atoms with Crippen LogP contribution in [0.1, 0.15) is 28.8 Å². The van der Waals surface area contributed by atoms with E-state index in [0.717, 1.165) is 23.3 Å². The highest BCUT2D eigenvalue weighted by Crippen LogP contribution is 2.30. The standard InChI is InChI=1S/C24H20F2N4O3S/c25-19-8-9-20(29-34(32,33)30-10-4-5-11-30)22(26)21(19)23(31)18-14-28-24-17(18)12-16(13-27-24)15-6-2-1-3-7-15/h1-3,6-9,12-14,29H,4-5,10-11H2,(H,27,28). The van der Waals surface area contributed by atoms with Gasteiger partial charge in [-0.2, -0.15) is 12.7 Å². The lowest BCUT2D eigenvalue weighted by atomic mass is 10.00. The fourth-order valence-electron chi connectivity index (χ4n) is 4.09. The molecule has 1 saturated heterocycles. The molecule has 0 spiro atoms.